The lowest BCUT2D eigenvalue weighted by Crippen LogP contribution is -2.51. The Bertz CT molecular complexity index is 900. The van der Waals surface area contributed by atoms with Crippen LogP contribution in [0.4, 0.5) is 0 Å². The van der Waals surface area contributed by atoms with E-state index in [1.807, 2.05) is 53.4 Å². The van der Waals surface area contributed by atoms with E-state index in [1.165, 1.54) is 0 Å². The molecule has 1 amide bonds. The van der Waals surface area contributed by atoms with Crippen LogP contribution in [-0.2, 0) is 5.75 Å². The first-order valence-electron chi connectivity index (χ1n) is 8.89. The molecule has 1 atom stereocenters. The summed E-state index contributed by atoms with van der Waals surface area (Å²) in [5.41, 5.74) is 3.85. The molecule has 3 aromatic rings. The van der Waals surface area contributed by atoms with Crippen molar-refractivity contribution in [1.29, 1.82) is 0 Å². The number of para-hydroxylation sites is 2. The van der Waals surface area contributed by atoms with E-state index in [-0.39, 0.29) is 30.7 Å². The second-order valence-corrected chi connectivity index (χ2v) is 7.58. The van der Waals surface area contributed by atoms with Crippen LogP contribution in [0.25, 0.3) is 11.0 Å². The maximum Gasteiger partial charge on any atom is 0.254 e. The van der Waals surface area contributed by atoms with E-state index >= 15 is 0 Å². The molecule has 0 saturated carbocycles. The maximum absolute atomic E-state index is 13.0. The molecular formula is C20H24Cl2N4OS. The van der Waals surface area contributed by atoms with Crippen molar-refractivity contribution in [2.24, 2.45) is 0 Å². The number of carbonyl (C=O) groups is 1. The highest BCUT2D eigenvalue weighted by atomic mass is 35.5. The first kappa shape index (κ1) is 22.6. The zero-order valence-electron chi connectivity index (χ0n) is 15.6. The van der Waals surface area contributed by atoms with Crippen molar-refractivity contribution in [3.63, 3.8) is 0 Å². The third-order valence-electron chi connectivity index (χ3n) is 4.64. The molecule has 0 bridgehead atoms. The zero-order chi connectivity index (χ0) is 17.9. The van der Waals surface area contributed by atoms with E-state index in [4.69, 9.17) is 0 Å². The van der Waals surface area contributed by atoms with E-state index in [1.54, 1.807) is 11.8 Å². The summed E-state index contributed by atoms with van der Waals surface area (Å²) >= 11 is 1.63. The van der Waals surface area contributed by atoms with Gasteiger partial charge in [-0.15, -0.1) is 24.8 Å². The van der Waals surface area contributed by atoms with Crippen molar-refractivity contribution in [3.05, 3.63) is 59.7 Å². The van der Waals surface area contributed by atoms with E-state index in [0.29, 0.717) is 11.8 Å². The molecule has 4 rings (SSSR count). The van der Waals surface area contributed by atoms with Gasteiger partial charge >= 0.3 is 0 Å². The summed E-state index contributed by atoms with van der Waals surface area (Å²) in [7, 11) is 0. The second-order valence-electron chi connectivity index (χ2n) is 6.61. The number of nitrogens with zero attached hydrogens (tertiary/aromatic N) is 2. The fraction of sp³-hybridized carbons (Fsp3) is 0.300. The molecule has 1 aromatic heterocycles. The number of thioether (sulfide) groups is 1. The molecule has 1 fully saturated rings. The third kappa shape index (κ3) is 5.00. The van der Waals surface area contributed by atoms with Gasteiger partial charge in [0.2, 0.25) is 0 Å². The summed E-state index contributed by atoms with van der Waals surface area (Å²) in [6.45, 7) is 4.48. The van der Waals surface area contributed by atoms with Gasteiger partial charge in [-0.2, -0.15) is 0 Å². The van der Waals surface area contributed by atoms with Crippen molar-refractivity contribution in [2.45, 2.75) is 23.9 Å². The van der Waals surface area contributed by atoms with Crippen molar-refractivity contribution >= 4 is 53.5 Å². The number of fused-ring (bicyclic) bond motifs is 1. The average Bonchev–Trinajstić information content (AvgIpc) is 3.09. The number of piperazine rings is 1. The van der Waals surface area contributed by atoms with E-state index in [2.05, 4.69) is 22.2 Å². The molecule has 28 heavy (non-hydrogen) atoms. The Morgan fingerprint density at radius 3 is 2.71 bits per heavy atom. The predicted molar refractivity (Wildman–Crippen MR) is 120 cm³/mol. The summed E-state index contributed by atoms with van der Waals surface area (Å²) < 4.78 is 0. The quantitative estimate of drug-likeness (QED) is 0.600. The third-order valence-corrected chi connectivity index (χ3v) is 5.56. The number of nitrogens with one attached hydrogen (secondary N) is 2. The second kappa shape index (κ2) is 10.2. The Morgan fingerprint density at radius 1 is 1.18 bits per heavy atom. The van der Waals surface area contributed by atoms with Crippen LogP contribution in [0.5, 0.6) is 0 Å². The molecule has 0 radical (unpaired) electrons. The highest BCUT2D eigenvalue weighted by Gasteiger charge is 2.23. The molecule has 5 nitrogen and oxygen atoms in total. The number of benzene rings is 2. The SMILES string of the molecule is CC1CN(C(=O)c2ccccc2CSc2nc3ccccc3[nH]2)CCN1.Cl.Cl. The number of carbonyl (C=O) groups excluding carboxylic acids is 1. The summed E-state index contributed by atoms with van der Waals surface area (Å²) in [4.78, 5) is 22.9. The smallest absolute Gasteiger partial charge is 0.254 e. The molecule has 2 heterocycles. The van der Waals surface area contributed by atoms with Gasteiger partial charge in [0.25, 0.3) is 5.91 Å². The highest BCUT2D eigenvalue weighted by Crippen LogP contribution is 2.25. The van der Waals surface area contributed by atoms with E-state index in [0.717, 1.165) is 47.0 Å². The summed E-state index contributed by atoms with van der Waals surface area (Å²) in [5.74, 6) is 0.836. The van der Waals surface area contributed by atoms with Gasteiger partial charge in [-0.25, -0.2) is 4.98 Å². The predicted octanol–water partition coefficient (Wildman–Crippen LogP) is 4.13. The Hall–Kier alpha value is -1.73. The Labute approximate surface area is 181 Å². The molecule has 1 unspecified atom stereocenters. The number of aromatic nitrogens is 2. The first-order chi connectivity index (χ1) is 12.7. The first-order valence-corrected chi connectivity index (χ1v) is 9.87. The highest BCUT2D eigenvalue weighted by molar-refractivity contribution is 7.98. The number of rotatable bonds is 4. The van der Waals surface area contributed by atoms with Crippen molar-refractivity contribution in [3.8, 4) is 0 Å². The number of aromatic amines is 1. The summed E-state index contributed by atoms with van der Waals surface area (Å²) in [6.07, 6.45) is 0. The van der Waals surface area contributed by atoms with Crippen molar-refractivity contribution < 1.29 is 4.79 Å². The molecular weight excluding hydrogens is 415 g/mol. The van der Waals surface area contributed by atoms with Gasteiger partial charge in [-0.1, -0.05) is 42.1 Å². The molecule has 1 aliphatic heterocycles. The Balaban J connectivity index is 0.00000140. The number of halogens is 2. The van der Waals surface area contributed by atoms with Crippen LogP contribution in [0.3, 0.4) is 0 Å². The topological polar surface area (TPSA) is 61.0 Å². The minimum Gasteiger partial charge on any atom is -0.336 e. The number of imidazole rings is 1. The number of amides is 1. The fourth-order valence-electron chi connectivity index (χ4n) is 3.29. The van der Waals surface area contributed by atoms with Gasteiger partial charge in [-0.3, -0.25) is 4.79 Å². The molecule has 1 aliphatic rings. The van der Waals surface area contributed by atoms with Gasteiger partial charge in [0.1, 0.15) is 0 Å². The van der Waals surface area contributed by atoms with E-state index < -0.39 is 0 Å². The average molecular weight is 439 g/mol. The van der Waals surface area contributed by atoms with Crippen LogP contribution in [0.15, 0.2) is 53.7 Å². The van der Waals surface area contributed by atoms with Crippen LogP contribution >= 0.6 is 36.6 Å². The lowest BCUT2D eigenvalue weighted by molar-refractivity contribution is 0.0708. The molecule has 0 spiro atoms. The van der Waals surface area contributed by atoms with Gasteiger partial charge < -0.3 is 15.2 Å². The van der Waals surface area contributed by atoms with Crippen LogP contribution in [0, 0.1) is 0 Å². The lowest BCUT2D eigenvalue weighted by Gasteiger charge is -2.32. The largest absolute Gasteiger partial charge is 0.336 e. The minimum absolute atomic E-state index is 0. The van der Waals surface area contributed by atoms with Gasteiger partial charge in [0.15, 0.2) is 5.16 Å². The molecule has 8 heteroatoms. The van der Waals surface area contributed by atoms with E-state index in [9.17, 15) is 4.79 Å². The number of H-pyrrole nitrogens is 1. The van der Waals surface area contributed by atoms with Gasteiger partial charge in [0, 0.05) is 37.0 Å². The molecule has 0 aliphatic carbocycles. The number of hydrogen-bond donors (Lipinski definition) is 2. The molecule has 2 aromatic carbocycles. The Kier molecular flexibility index (Phi) is 8.19. The maximum atomic E-state index is 13.0. The zero-order valence-corrected chi connectivity index (χ0v) is 18.0. The van der Waals surface area contributed by atoms with Gasteiger partial charge in [0.05, 0.1) is 11.0 Å². The van der Waals surface area contributed by atoms with Crippen LogP contribution in [-0.4, -0.2) is 46.5 Å². The number of hydrogen-bond acceptors (Lipinski definition) is 4. The molecule has 2 N–H and O–H groups in total. The summed E-state index contributed by atoms with van der Waals surface area (Å²) in [6, 6.07) is 16.2. The van der Waals surface area contributed by atoms with Crippen LogP contribution in [0.2, 0.25) is 0 Å². The minimum atomic E-state index is 0. The van der Waals surface area contributed by atoms with Crippen molar-refractivity contribution in [2.75, 3.05) is 19.6 Å². The standard InChI is InChI=1S/C20H22N4OS.2ClH/c1-14-12-24(11-10-21-14)19(25)16-7-3-2-6-15(16)13-26-20-22-17-8-4-5-9-18(17)23-20;;/h2-9,14,21H,10-13H2,1H3,(H,22,23);2*1H. The lowest BCUT2D eigenvalue weighted by atomic mass is 10.1. The Morgan fingerprint density at radius 2 is 1.93 bits per heavy atom. The van der Waals surface area contributed by atoms with Crippen LogP contribution < -0.4 is 5.32 Å². The van der Waals surface area contributed by atoms with Crippen molar-refractivity contribution in [1.82, 2.24) is 20.2 Å². The molecule has 150 valence electrons. The fourth-order valence-corrected chi connectivity index (χ4v) is 4.17. The monoisotopic (exact) mass is 438 g/mol. The van der Waals surface area contributed by atoms with Crippen LogP contribution in [0.1, 0.15) is 22.8 Å². The normalized spacial score (nSPS) is 16.3. The summed E-state index contributed by atoms with van der Waals surface area (Å²) in [5, 5.41) is 4.26. The van der Waals surface area contributed by atoms with Gasteiger partial charge in [-0.05, 0) is 30.7 Å². The molecule has 1 saturated heterocycles.